The molecule has 0 amide bonds. The standard InChI is InChI=1S/C10H6BF3O/c12-8-3-6(4-9(13)10(8)14)7-5-15-2-1-11-7/h1-5,11H. The maximum absolute atomic E-state index is 12.9. The van der Waals surface area contributed by atoms with E-state index in [9.17, 15) is 13.2 Å². The maximum atomic E-state index is 12.9. The Morgan fingerprint density at radius 1 is 1.07 bits per heavy atom. The van der Waals surface area contributed by atoms with E-state index >= 15 is 0 Å². The highest BCUT2D eigenvalue weighted by Gasteiger charge is 2.13. The Hall–Kier alpha value is -1.65. The van der Waals surface area contributed by atoms with Crippen LogP contribution in [-0.2, 0) is 4.74 Å². The van der Waals surface area contributed by atoms with Crippen LogP contribution in [0.3, 0.4) is 0 Å². The molecular weight excluding hydrogens is 204 g/mol. The van der Waals surface area contributed by atoms with E-state index in [1.54, 1.807) is 5.98 Å². The van der Waals surface area contributed by atoms with Crippen LogP contribution in [0.5, 0.6) is 0 Å². The minimum atomic E-state index is -1.45. The summed E-state index contributed by atoms with van der Waals surface area (Å²) in [5.41, 5.74) is 0.894. The zero-order chi connectivity index (χ0) is 10.8. The number of rotatable bonds is 1. The smallest absolute Gasteiger partial charge is 0.194 e. The molecule has 0 spiro atoms. The van der Waals surface area contributed by atoms with Gasteiger partial charge in [0.2, 0.25) is 0 Å². The normalized spacial score (nSPS) is 14.2. The molecule has 0 N–H and O–H groups in total. The second-order valence-corrected chi connectivity index (χ2v) is 3.11. The van der Waals surface area contributed by atoms with Gasteiger partial charge in [-0.2, -0.15) is 0 Å². The van der Waals surface area contributed by atoms with Gasteiger partial charge in [-0.1, -0.05) is 5.98 Å². The van der Waals surface area contributed by atoms with Crippen molar-refractivity contribution in [3.63, 3.8) is 0 Å². The molecule has 0 unspecified atom stereocenters. The van der Waals surface area contributed by atoms with Crippen molar-refractivity contribution in [2.24, 2.45) is 0 Å². The summed E-state index contributed by atoms with van der Waals surface area (Å²) in [4.78, 5) is 0. The van der Waals surface area contributed by atoms with Gasteiger partial charge in [-0.05, 0) is 23.2 Å². The minimum absolute atomic E-state index is 0.288. The van der Waals surface area contributed by atoms with Gasteiger partial charge in [0.1, 0.15) is 0 Å². The number of ether oxygens (including phenoxy) is 1. The number of hydrogen-bond donors (Lipinski definition) is 0. The lowest BCUT2D eigenvalue weighted by Gasteiger charge is -2.08. The van der Waals surface area contributed by atoms with Crippen LogP contribution in [-0.4, -0.2) is 7.28 Å². The van der Waals surface area contributed by atoms with Gasteiger partial charge in [0, 0.05) is 0 Å². The van der Waals surface area contributed by atoms with Crippen molar-refractivity contribution in [1.29, 1.82) is 0 Å². The van der Waals surface area contributed by atoms with Crippen LogP contribution < -0.4 is 0 Å². The van der Waals surface area contributed by atoms with E-state index in [4.69, 9.17) is 4.74 Å². The monoisotopic (exact) mass is 210 g/mol. The first-order valence-electron chi connectivity index (χ1n) is 4.33. The predicted molar refractivity (Wildman–Crippen MR) is 51.7 cm³/mol. The highest BCUT2D eigenvalue weighted by molar-refractivity contribution is 6.65. The van der Waals surface area contributed by atoms with Crippen LogP contribution in [0.4, 0.5) is 13.2 Å². The lowest BCUT2D eigenvalue weighted by Crippen LogP contribution is -2.01. The molecule has 1 aromatic carbocycles. The highest BCUT2D eigenvalue weighted by Crippen LogP contribution is 2.21. The summed E-state index contributed by atoms with van der Waals surface area (Å²) >= 11 is 0. The van der Waals surface area contributed by atoms with Gasteiger partial charge in [0.15, 0.2) is 24.7 Å². The fourth-order valence-corrected chi connectivity index (χ4v) is 1.33. The largest absolute Gasteiger partial charge is 0.474 e. The third kappa shape index (κ3) is 1.91. The van der Waals surface area contributed by atoms with Gasteiger partial charge in [-0.25, -0.2) is 13.2 Å². The molecule has 1 heterocycles. The summed E-state index contributed by atoms with van der Waals surface area (Å²) in [6.07, 6.45) is 2.85. The number of benzene rings is 1. The molecule has 0 saturated heterocycles. The Labute approximate surface area is 85.1 Å². The second-order valence-electron chi connectivity index (χ2n) is 3.11. The van der Waals surface area contributed by atoms with Crippen LogP contribution in [0.2, 0.25) is 0 Å². The van der Waals surface area contributed by atoms with Gasteiger partial charge in [0.25, 0.3) is 0 Å². The molecule has 1 aromatic rings. The van der Waals surface area contributed by atoms with E-state index in [0.29, 0.717) is 12.8 Å². The molecule has 0 atom stereocenters. The summed E-state index contributed by atoms with van der Waals surface area (Å²) in [5, 5.41) is 0. The van der Waals surface area contributed by atoms with Crippen LogP contribution in [0.25, 0.3) is 5.47 Å². The molecule has 1 nitrogen and oxygen atoms in total. The van der Waals surface area contributed by atoms with Crippen LogP contribution >= 0.6 is 0 Å². The van der Waals surface area contributed by atoms with Gasteiger partial charge in [0.05, 0.1) is 12.5 Å². The van der Waals surface area contributed by atoms with E-state index in [0.717, 1.165) is 12.1 Å². The summed E-state index contributed by atoms with van der Waals surface area (Å²) in [6, 6.07) is 1.90. The van der Waals surface area contributed by atoms with E-state index in [1.807, 2.05) is 0 Å². The van der Waals surface area contributed by atoms with Gasteiger partial charge in [-0.3, -0.25) is 0 Å². The Kier molecular flexibility index (Phi) is 2.54. The van der Waals surface area contributed by atoms with Crippen molar-refractivity contribution in [2.75, 3.05) is 0 Å². The molecule has 15 heavy (non-hydrogen) atoms. The Morgan fingerprint density at radius 3 is 2.27 bits per heavy atom. The van der Waals surface area contributed by atoms with Crippen LogP contribution in [0.1, 0.15) is 5.56 Å². The van der Waals surface area contributed by atoms with E-state index in [-0.39, 0.29) is 5.56 Å². The van der Waals surface area contributed by atoms with E-state index < -0.39 is 17.5 Å². The highest BCUT2D eigenvalue weighted by atomic mass is 19.2. The summed E-state index contributed by atoms with van der Waals surface area (Å²) in [7, 11) is 0.504. The Bertz CT molecular complexity index is 431. The van der Waals surface area contributed by atoms with Crippen molar-refractivity contribution in [2.45, 2.75) is 0 Å². The van der Waals surface area contributed by atoms with Gasteiger partial charge >= 0.3 is 0 Å². The second kappa shape index (κ2) is 3.84. The topological polar surface area (TPSA) is 9.23 Å². The third-order valence-electron chi connectivity index (χ3n) is 2.08. The summed E-state index contributed by atoms with van der Waals surface area (Å²) in [5.74, 6) is -2.14. The summed E-state index contributed by atoms with van der Waals surface area (Å²) < 4.78 is 43.3. The maximum Gasteiger partial charge on any atom is 0.194 e. The first kappa shape index (κ1) is 9.89. The molecule has 0 saturated carbocycles. The molecule has 1 aliphatic rings. The lowest BCUT2D eigenvalue weighted by molar-refractivity contribution is 0.404. The van der Waals surface area contributed by atoms with Gasteiger partial charge < -0.3 is 4.74 Å². The minimum Gasteiger partial charge on any atom is -0.474 e. The van der Waals surface area contributed by atoms with Gasteiger partial charge in [-0.15, -0.1) is 0 Å². The molecular formula is C10H6BF3O. The van der Waals surface area contributed by atoms with Crippen molar-refractivity contribution < 1.29 is 17.9 Å². The molecule has 76 valence electrons. The van der Waals surface area contributed by atoms with Crippen molar-refractivity contribution in [1.82, 2.24) is 0 Å². The lowest BCUT2D eigenvalue weighted by atomic mass is 9.67. The fourth-order valence-electron chi connectivity index (χ4n) is 1.33. The molecule has 2 rings (SSSR count). The molecule has 0 aromatic heterocycles. The van der Waals surface area contributed by atoms with Crippen molar-refractivity contribution >= 4 is 12.8 Å². The van der Waals surface area contributed by atoms with E-state index in [2.05, 4.69) is 0 Å². The fraction of sp³-hybridized carbons (Fsp3) is 0. The molecule has 0 fully saturated rings. The van der Waals surface area contributed by atoms with Crippen molar-refractivity contribution in [3.8, 4) is 0 Å². The molecule has 1 aliphatic heterocycles. The van der Waals surface area contributed by atoms with Crippen LogP contribution in [0.15, 0.2) is 30.6 Å². The molecule has 0 aliphatic carbocycles. The molecule has 0 radical (unpaired) electrons. The number of hydrogen-bond acceptors (Lipinski definition) is 1. The predicted octanol–water partition coefficient (Wildman–Crippen LogP) is 2.34. The Balaban J connectivity index is 2.41. The van der Waals surface area contributed by atoms with Crippen molar-refractivity contribution in [3.05, 3.63) is 53.6 Å². The molecule has 0 bridgehead atoms. The quantitative estimate of drug-likeness (QED) is 0.510. The first-order valence-corrected chi connectivity index (χ1v) is 4.33. The zero-order valence-corrected chi connectivity index (χ0v) is 7.64. The Morgan fingerprint density at radius 2 is 1.73 bits per heavy atom. The summed E-state index contributed by atoms with van der Waals surface area (Å²) in [6.45, 7) is 0. The van der Waals surface area contributed by atoms with E-state index in [1.165, 1.54) is 12.5 Å². The third-order valence-corrected chi connectivity index (χ3v) is 2.08. The zero-order valence-electron chi connectivity index (χ0n) is 7.64. The average Bonchev–Trinajstić information content (AvgIpc) is 2.26. The average molecular weight is 210 g/mol. The molecule has 5 heteroatoms. The first-order chi connectivity index (χ1) is 7.18. The number of halogens is 3. The van der Waals surface area contributed by atoms with Crippen LogP contribution in [0, 0.1) is 17.5 Å². The SMILES string of the molecule is Fc1cc(C2=COC=CB2)cc(F)c1F.